The van der Waals surface area contributed by atoms with Crippen molar-refractivity contribution >= 4 is 11.8 Å². The summed E-state index contributed by atoms with van der Waals surface area (Å²) in [6.45, 7) is 1.68. The molecule has 0 aromatic heterocycles. The first-order valence-corrected chi connectivity index (χ1v) is 5.70. The van der Waals surface area contributed by atoms with Crippen molar-refractivity contribution in [1.29, 1.82) is 0 Å². The Morgan fingerprint density at radius 3 is 2.63 bits per heavy atom. The summed E-state index contributed by atoms with van der Waals surface area (Å²) in [4.78, 5) is 12.2. The maximum absolute atomic E-state index is 12.6. The van der Waals surface area contributed by atoms with Crippen molar-refractivity contribution in [3.63, 3.8) is 0 Å². The fraction of sp³-hybridized carbons (Fsp3) is 0.417. The predicted molar refractivity (Wildman–Crippen MR) is 63.0 cm³/mol. The van der Waals surface area contributed by atoms with Crippen LogP contribution in [0.3, 0.4) is 0 Å². The molecule has 0 spiro atoms. The minimum atomic E-state index is -4.47. The van der Waals surface area contributed by atoms with Crippen LogP contribution in [-0.4, -0.2) is 17.2 Å². The Bertz CT molecular complexity index is 516. The van der Waals surface area contributed by atoms with Crippen LogP contribution in [0.5, 0.6) is 0 Å². The number of carboxylic acid groups (broad SMARTS) is 1. The van der Waals surface area contributed by atoms with Crippen molar-refractivity contribution < 1.29 is 23.1 Å². The number of halogens is 3. The van der Waals surface area contributed by atoms with E-state index in [1.54, 1.807) is 6.92 Å². The number of amides is 1. The summed E-state index contributed by atoms with van der Waals surface area (Å²) in [6, 6.07) is 2.02. The van der Waals surface area contributed by atoms with Crippen LogP contribution in [-0.2, 0) is 6.18 Å². The Balaban J connectivity index is 2.55. The molecule has 2 atom stereocenters. The number of hydrogen-bond acceptors (Lipinski definition) is 2. The third-order valence-corrected chi connectivity index (χ3v) is 3.26. The Hall–Kier alpha value is -1.76. The molecular weight excluding hydrogens is 261 g/mol. The average Bonchev–Trinajstić information content (AvgIpc) is 2.26. The minimum absolute atomic E-state index is 0.218. The van der Waals surface area contributed by atoms with Crippen LogP contribution < -0.4 is 10.6 Å². The molecule has 1 heterocycles. The van der Waals surface area contributed by atoms with Gasteiger partial charge in [-0.2, -0.15) is 13.2 Å². The number of fused-ring (bicyclic) bond motifs is 1. The van der Waals surface area contributed by atoms with Crippen molar-refractivity contribution in [2.45, 2.75) is 31.6 Å². The summed E-state index contributed by atoms with van der Waals surface area (Å²) < 4.78 is 37.9. The first kappa shape index (κ1) is 13.7. The van der Waals surface area contributed by atoms with E-state index >= 15 is 0 Å². The molecule has 0 aliphatic carbocycles. The van der Waals surface area contributed by atoms with Gasteiger partial charge in [-0.05, 0) is 37.1 Å². The highest BCUT2D eigenvalue weighted by Crippen LogP contribution is 2.39. The number of hydrogen-bond donors (Lipinski definition) is 2. The molecule has 1 aliphatic heterocycles. The second kappa shape index (κ2) is 4.41. The highest BCUT2D eigenvalue weighted by Gasteiger charge is 2.36. The van der Waals surface area contributed by atoms with Crippen LogP contribution in [0, 0.1) is 0 Å². The summed E-state index contributed by atoms with van der Waals surface area (Å²) in [7, 11) is 0. The standard InChI is InChI=1S/C12H13F3N2O2/c1-6-4-9(16)8-5-7(12(13,14)15)2-3-10(8)17(6)11(18)19/h2-3,5-6,9H,4,16H2,1H3,(H,18,19)/t6-,9+/m1/s1. The van der Waals surface area contributed by atoms with Crippen molar-refractivity contribution in [1.82, 2.24) is 0 Å². The van der Waals surface area contributed by atoms with Crippen LogP contribution in [0.2, 0.25) is 0 Å². The van der Waals surface area contributed by atoms with Gasteiger partial charge in [-0.3, -0.25) is 4.90 Å². The molecule has 19 heavy (non-hydrogen) atoms. The molecule has 0 radical (unpaired) electrons. The third-order valence-electron chi connectivity index (χ3n) is 3.26. The fourth-order valence-electron chi connectivity index (χ4n) is 2.38. The number of benzene rings is 1. The van der Waals surface area contributed by atoms with E-state index in [2.05, 4.69) is 0 Å². The Kier molecular flexibility index (Phi) is 3.17. The molecule has 1 amide bonds. The van der Waals surface area contributed by atoms with Crippen molar-refractivity contribution in [3.8, 4) is 0 Å². The highest BCUT2D eigenvalue weighted by molar-refractivity contribution is 5.88. The quantitative estimate of drug-likeness (QED) is 0.764. The maximum atomic E-state index is 12.6. The summed E-state index contributed by atoms with van der Waals surface area (Å²) in [6.07, 6.45) is -5.37. The zero-order chi connectivity index (χ0) is 14.4. The molecule has 3 N–H and O–H groups in total. The van der Waals surface area contributed by atoms with Crippen LogP contribution in [0.4, 0.5) is 23.7 Å². The Labute approximate surface area is 107 Å². The maximum Gasteiger partial charge on any atom is 0.416 e. The number of anilines is 1. The molecular formula is C12H13F3N2O2. The molecule has 7 heteroatoms. The van der Waals surface area contributed by atoms with Gasteiger partial charge in [0.1, 0.15) is 0 Å². The van der Waals surface area contributed by atoms with Gasteiger partial charge in [0.05, 0.1) is 11.3 Å². The average molecular weight is 274 g/mol. The van der Waals surface area contributed by atoms with E-state index in [-0.39, 0.29) is 17.3 Å². The smallest absolute Gasteiger partial charge is 0.416 e. The van der Waals surface area contributed by atoms with E-state index in [0.717, 1.165) is 17.0 Å². The SMILES string of the molecule is C[C@@H]1C[C@H](N)c2cc(C(F)(F)F)ccc2N1C(=O)O. The van der Waals surface area contributed by atoms with Gasteiger partial charge in [0.2, 0.25) is 0 Å². The van der Waals surface area contributed by atoms with Crippen LogP contribution in [0.15, 0.2) is 18.2 Å². The highest BCUT2D eigenvalue weighted by atomic mass is 19.4. The number of rotatable bonds is 0. The molecule has 4 nitrogen and oxygen atoms in total. The molecule has 0 saturated heterocycles. The number of alkyl halides is 3. The van der Waals surface area contributed by atoms with Crippen molar-refractivity contribution in [2.75, 3.05) is 4.90 Å². The lowest BCUT2D eigenvalue weighted by Gasteiger charge is -2.36. The molecule has 1 aromatic carbocycles. The second-order valence-electron chi connectivity index (χ2n) is 4.62. The largest absolute Gasteiger partial charge is 0.465 e. The van der Waals surface area contributed by atoms with Gasteiger partial charge in [-0.25, -0.2) is 4.79 Å². The van der Waals surface area contributed by atoms with Gasteiger partial charge < -0.3 is 10.8 Å². The van der Waals surface area contributed by atoms with Crippen LogP contribution in [0.25, 0.3) is 0 Å². The summed E-state index contributed by atoms with van der Waals surface area (Å²) in [5.74, 6) is 0. The summed E-state index contributed by atoms with van der Waals surface area (Å²) in [5.41, 5.74) is 5.45. The monoisotopic (exact) mass is 274 g/mol. The fourth-order valence-corrected chi connectivity index (χ4v) is 2.38. The molecule has 0 fully saturated rings. The van der Waals surface area contributed by atoms with Gasteiger partial charge in [-0.1, -0.05) is 0 Å². The van der Waals surface area contributed by atoms with E-state index in [0.29, 0.717) is 6.42 Å². The molecule has 1 aliphatic rings. The van der Waals surface area contributed by atoms with Gasteiger partial charge >= 0.3 is 12.3 Å². The van der Waals surface area contributed by atoms with Crippen LogP contribution in [0.1, 0.15) is 30.5 Å². The Morgan fingerprint density at radius 1 is 1.47 bits per heavy atom. The van der Waals surface area contributed by atoms with Crippen molar-refractivity contribution in [2.24, 2.45) is 5.73 Å². The van der Waals surface area contributed by atoms with E-state index < -0.39 is 23.9 Å². The normalized spacial score (nSPS) is 23.1. The number of nitrogens with two attached hydrogens (primary N) is 1. The van der Waals surface area contributed by atoms with Gasteiger partial charge in [0, 0.05) is 12.1 Å². The lowest BCUT2D eigenvalue weighted by atomic mass is 9.91. The molecule has 0 unspecified atom stereocenters. The molecule has 104 valence electrons. The first-order chi connectivity index (χ1) is 8.71. The lowest BCUT2D eigenvalue weighted by molar-refractivity contribution is -0.137. The molecule has 1 aromatic rings. The summed E-state index contributed by atoms with van der Waals surface area (Å²) >= 11 is 0. The zero-order valence-electron chi connectivity index (χ0n) is 10.1. The molecule has 2 rings (SSSR count). The lowest BCUT2D eigenvalue weighted by Crippen LogP contribution is -2.44. The van der Waals surface area contributed by atoms with Gasteiger partial charge in [0.15, 0.2) is 0 Å². The second-order valence-corrected chi connectivity index (χ2v) is 4.62. The van der Waals surface area contributed by atoms with E-state index in [1.165, 1.54) is 6.07 Å². The molecule has 0 bridgehead atoms. The number of nitrogens with zero attached hydrogens (tertiary/aromatic N) is 1. The number of carbonyl (C=O) groups is 1. The Morgan fingerprint density at radius 2 is 2.11 bits per heavy atom. The van der Waals surface area contributed by atoms with E-state index in [4.69, 9.17) is 10.8 Å². The van der Waals surface area contributed by atoms with Gasteiger partial charge in [0.25, 0.3) is 0 Å². The summed E-state index contributed by atoms with van der Waals surface area (Å²) in [5, 5.41) is 9.13. The predicted octanol–water partition coefficient (Wildman–Crippen LogP) is 2.98. The third kappa shape index (κ3) is 2.37. The first-order valence-electron chi connectivity index (χ1n) is 5.70. The molecule has 0 saturated carbocycles. The van der Waals surface area contributed by atoms with E-state index in [9.17, 15) is 18.0 Å². The topological polar surface area (TPSA) is 66.6 Å². The van der Waals surface area contributed by atoms with Crippen LogP contribution >= 0.6 is 0 Å². The minimum Gasteiger partial charge on any atom is -0.465 e. The zero-order valence-corrected chi connectivity index (χ0v) is 10.1. The van der Waals surface area contributed by atoms with E-state index in [1.807, 2.05) is 0 Å². The van der Waals surface area contributed by atoms with Gasteiger partial charge in [-0.15, -0.1) is 0 Å². The van der Waals surface area contributed by atoms with Crippen molar-refractivity contribution in [3.05, 3.63) is 29.3 Å².